The zero-order chi connectivity index (χ0) is 17.4. The Hall–Kier alpha value is -3.52. The highest BCUT2D eigenvalue weighted by Gasteiger charge is 2.10. The Morgan fingerprint density at radius 2 is 1.88 bits per heavy atom. The van der Waals surface area contributed by atoms with Crippen LogP contribution in [0.15, 0.2) is 61.1 Å². The van der Waals surface area contributed by atoms with Crippen LogP contribution in [0.5, 0.6) is 0 Å². The van der Waals surface area contributed by atoms with Gasteiger partial charge < -0.3 is 0 Å². The molecule has 0 fully saturated rings. The van der Waals surface area contributed by atoms with E-state index in [2.05, 4.69) is 15.9 Å². The lowest BCUT2D eigenvalue weighted by Gasteiger charge is -2.08. The highest BCUT2D eigenvalue weighted by atomic mass is 19.1. The molecule has 0 atom stereocenters. The van der Waals surface area contributed by atoms with Crippen LogP contribution in [-0.2, 0) is 0 Å². The number of halogens is 2. The summed E-state index contributed by atoms with van der Waals surface area (Å²) in [7, 11) is 0. The summed E-state index contributed by atoms with van der Waals surface area (Å²) in [6.45, 7) is 0. The molecule has 0 aliphatic carbocycles. The summed E-state index contributed by atoms with van der Waals surface area (Å²) in [6.07, 6.45) is 8.62. The normalized spacial score (nSPS) is 10.8. The molecule has 0 saturated heterocycles. The number of imidazole rings is 1. The van der Waals surface area contributed by atoms with Crippen molar-refractivity contribution in [1.82, 2.24) is 14.5 Å². The van der Waals surface area contributed by atoms with Gasteiger partial charge in [0.1, 0.15) is 23.5 Å². The number of hydrogen-bond acceptors (Lipinski definition) is 2. The topological polar surface area (TPSA) is 30.7 Å². The van der Waals surface area contributed by atoms with Crippen molar-refractivity contribution in [2.45, 2.75) is 0 Å². The maximum atomic E-state index is 14.1. The van der Waals surface area contributed by atoms with E-state index in [4.69, 9.17) is 6.42 Å². The van der Waals surface area contributed by atoms with Crippen LogP contribution in [0.4, 0.5) is 8.78 Å². The Morgan fingerprint density at radius 1 is 1.00 bits per heavy atom. The monoisotopic (exact) mass is 331 g/mol. The first-order chi connectivity index (χ1) is 12.2. The molecule has 0 N–H and O–H groups in total. The second-order valence-corrected chi connectivity index (χ2v) is 5.50. The Morgan fingerprint density at radius 3 is 2.68 bits per heavy atom. The Bertz CT molecular complexity index is 1140. The van der Waals surface area contributed by atoms with E-state index in [0.29, 0.717) is 27.9 Å². The van der Waals surface area contributed by atoms with Crippen molar-refractivity contribution in [3.8, 4) is 29.2 Å². The smallest absolute Gasteiger partial charge is 0.164 e. The van der Waals surface area contributed by atoms with E-state index in [-0.39, 0.29) is 0 Å². The van der Waals surface area contributed by atoms with Gasteiger partial charge in [0.2, 0.25) is 0 Å². The van der Waals surface area contributed by atoms with E-state index >= 15 is 0 Å². The second kappa shape index (κ2) is 5.84. The molecule has 2 aromatic carbocycles. The van der Waals surface area contributed by atoms with E-state index in [1.807, 2.05) is 6.07 Å². The Balaban J connectivity index is 1.84. The number of rotatable bonds is 2. The summed E-state index contributed by atoms with van der Waals surface area (Å²) in [5, 5.41) is 0. The molecule has 0 aliphatic rings. The van der Waals surface area contributed by atoms with Crippen LogP contribution in [-0.4, -0.2) is 14.5 Å². The van der Waals surface area contributed by atoms with Gasteiger partial charge in [-0.3, -0.25) is 4.57 Å². The fraction of sp³-hybridized carbons (Fsp3) is 0. The molecular weight excluding hydrogens is 320 g/mol. The third-order valence-corrected chi connectivity index (χ3v) is 3.92. The van der Waals surface area contributed by atoms with Crippen molar-refractivity contribution in [2.24, 2.45) is 0 Å². The lowest BCUT2D eigenvalue weighted by Crippen LogP contribution is -1.95. The van der Waals surface area contributed by atoms with Crippen molar-refractivity contribution in [3.05, 3.63) is 78.3 Å². The van der Waals surface area contributed by atoms with E-state index in [9.17, 15) is 8.78 Å². The largest absolute Gasteiger partial charge is 0.283 e. The summed E-state index contributed by atoms with van der Waals surface area (Å²) in [5.74, 6) is 1.31. The lowest BCUT2D eigenvalue weighted by atomic mass is 10.0. The number of hydrogen-bond donors (Lipinski definition) is 0. The molecule has 2 heterocycles. The third kappa shape index (κ3) is 2.64. The van der Waals surface area contributed by atoms with Crippen molar-refractivity contribution in [3.63, 3.8) is 0 Å². The van der Waals surface area contributed by atoms with E-state index in [1.165, 1.54) is 12.1 Å². The minimum absolute atomic E-state index is 0.329. The van der Waals surface area contributed by atoms with Crippen LogP contribution < -0.4 is 0 Å². The van der Waals surface area contributed by atoms with Gasteiger partial charge in [-0.05, 0) is 35.9 Å². The zero-order valence-electron chi connectivity index (χ0n) is 12.9. The van der Waals surface area contributed by atoms with Crippen molar-refractivity contribution < 1.29 is 8.78 Å². The molecule has 5 heteroatoms. The van der Waals surface area contributed by atoms with Gasteiger partial charge in [-0.25, -0.2) is 18.7 Å². The molecule has 3 nitrogen and oxygen atoms in total. The molecule has 0 spiro atoms. The lowest BCUT2D eigenvalue weighted by molar-refractivity contribution is 0.585. The average Bonchev–Trinajstić information content (AvgIpc) is 3.05. The molecule has 0 unspecified atom stereocenters. The predicted octanol–water partition coefficient (Wildman–Crippen LogP) is 4.35. The quantitative estimate of drug-likeness (QED) is 0.511. The van der Waals surface area contributed by atoms with Crippen molar-refractivity contribution in [2.75, 3.05) is 0 Å². The number of aromatic nitrogens is 3. The number of fused-ring (bicyclic) bond motifs is 1. The minimum atomic E-state index is -0.607. The molecular formula is C20H11F2N3. The summed E-state index contributed by atoms with van der Waals surface area (Å²) < 4.78 is 29.0. The molecule has 25 heavy (non-hydrogen) atoms. The molecule has 2 aromatic heterocycles. The first-order valence-electron chi connectivity index (χ1n) is 7.51. The zero-order valence-corrected chi connectivity index (χ0v) is 12.9. The summed E-state index contributed by atoms with van der Waals surface area (Å²) in [6, 6.07) is 12.5. The molecule has 0 saturated carbocycles. The summed E-state index contributed by atoms with van der Waals surface area (Å²) >= 11 is 0. The number of pyridine rings is 1. The number of terminal acetylenes is 1. The van der Waals surface area contributed by atoms with Gasteiger partial charge in [0.15, 0.2) is 5.65 Å². The van der Waals surface area contributed by atoms with Gasteiger partial charge >= 0.3 is 0 Å². The summed E-state index contributed by atoms with van der Waals surface area (Å²) in [5.41, 5.74) is 3.71. The van der Waals surface area contributed by atoms with Gasteiger partial charge in [0.05, 0.1) is 0 Å². The van der Waals surface area contributed by atoms with Crippen LogP contribution in [0.25, 0.3) is 28.0 Å². The van der Waals surface area contributed by atoms with Gasteiger partial charge in [0, 0.05) is 29.1 Å². The van der Waals surface area contributed by atoms with Crippen LogP contribution in [0, 0.1) is 24.0 Å². The van der Waals surface area contributed by atoms with Crippen LogP contribution in [0.3, 0.4) is 0 Å². The van der Waals surface area contributed by atoms with Gasteiger partial charge in [-0.2, -0.15) is 0 Å². The van der Waals surface area contributed by atoms with Crippen molar-refractivity contribution >= 4 is 11.2 Å². The van der Waals surface area contributed by atoms with Gasteiger partial charge in [0.25, 0.3) is 0 Å². The standard InChI is InChI=1S/C20H11F2N3/c1-2-13-8-19-20(23-11-13)25(12-24-19)16-5-3-4-14(9-16)17-7-6-15(21)10-18(17)22/h1,3-12H. The minimum Gasteiger partial charge on any atom is -0.283 e. The number of nitrogens with zero attached hydrogens (tertiary/aromatic N) is 3. The maximum absolute atomic E-state index is 14.1. The average molecular weight is 331 g/mol. The van der Waals surface area contributed by atoms with Crippen LogP contribution in [0.2, 0.25) is 0 Å². The Labute approximate surface area is 142 Å². The highest BCUT2D eigenvalue weighted by molar-refractivity contribution is 5.75. The molecule has 0 bridgehead atoms. The van der Waals surface area contributed by atoms with Crippen LogP contribution >= 0.6 is 0 Å². The van der Waals surface area contributed by atoms with E-state index < -0.39 is 11.6 Å². The molecule has 4 aromatic rings. The molecule has 0 radical (unpaired) electrons. The molecule has 4 rings (SSSR count). The molecule has 120 valence electrons. The highest BCUT2D eigenvalue weighted by Crippen LogP contribution is 2.26. The first kappa shape index (κ1) is 15.0. The number of benzene rings is 2. The predicted molar refractivity (Wildman–Crippen MR) is 92.2 cm³/mol. The van der Waals surface area contributed by atoms with E-state index in [1.54, 1.807) is 41.4 Å². The van der Waals surface area contributed by atoms with Gasteiger partial charge in [-0.1, -0.05) is 18.1 Å². The third-order valence-electron chi connectivity index (χ3n) is 3.92. The second-order valence-electron chi connectivity index (χ2n) is 5.50. The van der Waals surface area contributed by atoms with Gasteiger partial charge in [-0.15, -0.1) is 6.42 Å². The Kier molecular flexibility index (Phi) is 3.51. The summed E-state index contributed by atoms with van der Waals surface area (Å²) in [4.78, 5) is 8.67. The molecule has 0 amide bonds. The van der Waals surface area contributed by atoms with Crippen molar-refractivity contribution in [1.29, 1.82) is 0 Å². The van der Waals surface area contributed by atoms with Crippen LogP contribution in [0.1, 0.15) is 5.56 Å². The molecule has 0 aliphatic heterocycles. The fourth-order valence-electron chi connectivity index (χ4n) is 2.72. The SMILES string of the molecule is C#Cc1cnc2c(c1)ncn2-c1cccc(-c2ccc(F)cc2F)c1. The maximum Gasteiger partial charge on any atom is 0.164 e. The first-order valence-corrected chi connectivity index (χ1v) is 7.51. The van der Waals surface area contributed by atoms with E-state index in [0.717, 1.165) is 11.8 Å². The fourth-order valence-corrected chi connectivity index (χ4v) is 2.72.